The summed E-state index contributed by atoms with van der Waals surface area (Å²) >= 11 is 0. The minimum atomic E-state index is -5.28. The van der Waals surface area contributed by atoms with E-state index >= 15 is 0 Å². The number of hydrogen-bond donors (Lipinski definition) is 1. The number of carbonyl (C=O) groups excluding carboxylic acids is 1. The van der Waals surface area contributed by atoms with Gasteiger partial charge >= 0.3 is 10.5 Å². The van der Waals surface area contributed by atoms with Crippen molar-refractivity contribution in [3.8, 4) is 5.75 Å². The van der Waals surface area contributed by atoms with Crippen LogP contribution in [0, 0.1) is 5.82 Å². The fraction of sp³-hybridized carbons (Fsp3) is 0.125. The van der Waals surface area contributed by atoms with Crippen LogP contribution in [0.15, 0.2) is 18.2 Å². The summed E-state index contributed by atoms with van der Waals surface area (Å²) in [5, 5.41) is 2.24. The van der Waals surface area contributed by atoms with Gasteiger partial charge in [0.2, 0.25) is 0 Å². The van der Waals surface area contributed by atoms with Gasteiger partial charge in [0.15, 0.2) is 11.6 Å². The van der Waals surface area contributed by atoms with Crippen LogP contribution in [0.1, 0.15) is 10.4 Å². The van der Waals surface area contributed by atoms with Crippen LogP contribution in [0.4, 0.5) is 8.28 Å². The molecule has 1 amide bonds. The third kappa shape index (κ3) is 3.16. The first-order valence-corrected chi connectivity index (χ1v) is 5.30. The third-order valence-corrected chi connectivity index (χ3v) is 1.99. The SMILES string of the molecule is CNC(=O)c1ccc(OS(=O)(=O)F)c(F)c1. The Hall–Kier alpha value is -1.70. The van der Waals surface area contributed by atoms with Crippen molar-refractivity contribution < 1.29 is 25.7 Å². The van der Waals surface area contributed by atoms with Gasteiger partial charge in [0.05, 0.1) is 0 Å². The van der Waals surface area contributed by atoms with Gasteiger partial charge in [-0.05, 0) is 18.2 Å². The van der Waals surface area contributed by atoms with Crippen LogP contribution in [-0.2, 0) is 10.5 Å². The summed E-state index contributed by atoms with van der Waals surface area (Å²) in [7, 11) is -3.93. The Morgan fingerprint density at radius 3 is 2.50 bits per heavy atom. The molecule has 0 aliphatic heterocycles. The van der Waals surface area contributed by atoms with Crippen LogP contribution in [0.25, 0.3) is 0 Å². The number of halogens is 2. The molecule has 0 fully saturated rings. The maximum absolute atomic E-state index is 13.1. The quantitative estimate of drug-likeness (QED) is 0.806. The molecule has 0 radical (unpaired) electrons. The highest BCUT2D eigenvalue weighted by atomic mass is 32.3. The van der Waals surface area contributed by atoms with Crippen LogP contribution in [0.5, 0.6) is 5.75 Å². The van der Waals surface area contributed by atoms with Crippen molar-refractivity contribution in [1.29, 1.82) is 0 Å². The second-order valence-electron chi connectivity index (χ2n) is 2.70. The Morgan fingerprint density at radius 2 is 2.06 bits per heavy atom. The van der Waals surface area contributed by atoms with E-state index in [0.29, 0.717) is 0 Å². The van der Waals surface area contributed by atoms with Crippen molar-refractivity contribution in [3.63, 3.8) is 0 Å². The number of benzene rings is 1. The molecular weight excluding hydrogens is 244 g/mol. The molecule has 0 spiro atoms. The Balaban J connectivity index is 3.05. The first-order valence-electron chi connectivity index (χ1n) is 3.99. The highest BCUT2D eigenvalue weighted by molar-refractivity contribution is 7.81. The normalized spacial score (nSPS) is 10.9. The van der Waals surface area contributed by atoms with Crippen LogP contribution >= 0.6 is 0 Å². The van der Waals surface area contributed by atoms with Crippen LogP contribution < -0.4 is 9.50 Å². The smallest absolute Gasteiger partial charge is 0.355 e. The number of hydrogen-bond acceptors (Lipinski definition) is 4. The zero-order valence-corrected chi connectivity index (χ0v) is 8.85. The van der Waals surface area contributed by atoms with Crippen LogP contribution in [-0.4, -0.2) is 21.4 Å². The van der Waals surface area contributed by atoms with Gasteiger partial charge in [0.25, 0.3) is 5.91 Å². The second kappa shape index (κ2) is 4.44. The molecule has 0 saturated heterocycles. The van der Waals surface area contributed by atoms with E-state index < -0.39 is 28.0 Å². The van der Waals surface area contributed by atoms with E-state index in [1.165, 1.54) is 7.05 Å². The average Bonchev–Trinajstić information content (AvgIpc) is 2.18. The molecule has 0 bridgehead atoms. The van der Waals surface area contributed by atoms with Gasteiger partial charge in [0.1, 0.15) is 0 Å². The Bertz CT molecular complexity index is 515. The van der Waals surface area contributed by atoms with Crippen molar-refractivity contribution in [1.82, 2.24) is 5.32 Å². The molecule has 1 N–H and O–H groups in total. The van der Waals surface area contributed by atoms with Crippen molar-refractivity contribution >= 4 is 16.4 Å². The lowest BCUT2D eigenvalue weighted by molar-refractivity contribution is 0.0962. The molecule has 88 valence electrons. The topological polar surface area (TPSA) is 72.5 Å². The highest BCUT2D eigenvalue weighted by Gasteiger charge is 2.15. The summed E-state index contributed by atoms with van der Waals surface area (Å²) in [5.74, 6) is -2.52. The van der Waals surface area contributed by atoms with Gasteiger partial charge in [-0.3, -0.25) is 4.79 Å². The first kappa shape index (κ1) is 12.4. The lowest BCUT2D eigenvalue weighted by Crippen LogP contribution is -2.18. The maximum Gasteiger partial charge on any atom is 0.488 e. The van der Waals surface area contributed by atoms with Gasteiger partial charge in [-0.15, -0.1) is 0 Å². The fourth-order valence-electron chi connectivity index (χ4n) is 0.961. The van der Waals surface area contributed by atoms with Crippen LogP contribution in [0.2, 0.25) is 0 Å². The molecule has 0 saturated carbocycles. The molecule has 5 nitrogen and oxygen atoms in total. The molecule has 0 aliphatic rings. The fourth-order valence-corrected chi connectivity index (χ4v) is 1.31. The van der Waals surface area contributed by atoms with Gasteiger partial charge < -0.3 is 9.50 Å². The van der Waals surface area contributed by atoms with Gasteiger partial charge in [0, 0.05) is 12.6 Å². The molecular formula is C8H7F2NO4S. The van der Waals surface area contributed by atoms with E-state index in [4.69, 9.17) is 0 Å². The Labute approximate surface area is 90.4 Å². The number of nitrogens with one attached hydrogen (secondary N) is 1. The number of amides is 1. The lowest BCUT2D eigenvalue weighted by atomic mass is 10.2. The van der Waals surface area contributed by atoms with E-state index in [2.05, 4.69) is 9.50 Å². The average molecular weight is 251 g/mol. The van der Waals surface area contributed by atoms with Gasteiger partial charge in [-0.2, -0.15) is 8.42 Å². The lowest BCUT2D eigenvalue weighted by Gasteiger charge is -2.03. The molecule has 0 heterocycles. The summed E-state index contributed by atoms with van der Waals surface area (Å²) in [6.45, 7) is 0. The molecule has 1 rings (SSSR count). The summed E-state index contributed by atoms with van der Waals surface area (Å²) in [5.41, 5.74) is -0.0383. The molecule has 16 heavy (non-hydrogen) atoms. The highest BCUT2D eigenvalue weighted by Crippen LogP contribution is 2.20. The molecule has 0 atom stereocenters. The van der Waals surface area contributed by atoms with Crippen molar-refractivity contribution in [2.45, 2.75) is 0 Å². The maximum atomic E-state index is 13.1. The monoisotopic (exact) mass is 251 g/mol. The van der Waals surface area contributed by atoms with Crippen molar-refractivity contribution in [2.24, 2.45) is 0 Å². The van der Waals surface area contributed by atoms with E-state index in [-0.39, 0.29) is 5.56 Å². The van der Waals surface area contributed by atoms with Crippen molar-refractivity contribution in [3.05, 3.63) is 29.6 Å². The molecule has 1 aromatic rings. The molecule has 0 unspecified atom stereocenters. The van der Waals surface area contributed by atoms with Crippen LogP contribution in [0.3, 0.4) is 0 Å². The first-order chi connectivity index (χ1) is 7.33. The minimum absolute atomic E-state index is 0.0383. The molecule has 0 aromatic heterocycles. The summed E-state index contributed by atoms with van der Waals surface area (Å²) in [4.78, 5) is 11.1. The predicted octanol–water partition coefficient (Wildman–Crippen LogP) is 0.778. The standard InChI is InChI=1S/C8H7F2NO4S/c1-11-8(12)5-2-3-7(6(9)4-5)15-16(10,13)14/h2-4H,1H3,(H,11,12). The molecule has 1 aromatic carbocycles. The number of rotatable bonds is 3. The zero-order valence-electron chi connectivity index (χ0n) is 8.03. The third-order valence-electron chi connectivity index (χ3n) is 1.61. The Morgan fingerprint density at radius 1 is 1.44 bits per heavy atom. The Kier molecular flexibility index (Phi) is 3.43. The van der Waals surface area contributed by atoms with Gasteiger partial charge in [-0.1, -0.05) is 3.89 Å². The van der Waals surface area contributed by atoms with E-state index in [1.54, 1.807) is 0 Å². The second-order valence-corrected chi connectivity index (χ2v) is 3.65. The zero-order chi connectivity index (χ0) is 12.3. The van der Waals surface area contributed by atoms with Crippen molar-refractivity contribution in [2.75, 3.05) is 7.05 Å². The number of carbonyl (C=O) groups is 1. The largest absolute Gasteiger partial charge is 0.488 e. The van der Waals surface area contributed by atoms with E-state index in [9.17, 15) is 21.5 Å². The van der Waals surface area contributed by atoms with E-state index in [0.717, 1.165) is 18.2 Å². The predicted molar refractivity (Wildman–Crippen MR) is 50.4 cm³/mol. The summed E-state index contributed by atoms with van der Waals surface area (Å²) < 4.78 is 49.1. The summed E-state index contributed by atoms with van der Waals surface area (Å²) in [6, 6.07) is 2.68. The molecule has 0 aliphatic carbocycles. The molecule has 8 heteroatoms. The van der Waals surface area contributed by atoms with E-state index in [1.807, 2.05) is 0 Å². The minimum Gasteiger partial charge on any atom is -0.355 e. The van der Waals surface area contributed by atoms with Gasteiger partial charge in [-0.25, -0.2) is 4.39 Å². The summed E-state index contributed by atoms with van der Waals surface area (Å²) in [6.07, 6.45) is 0.